The maximum Gasteiger partial charge on any atom is 0.107 e. The molecule has 0 aliphatic heterocycles. The molecule has 0 aromatic carbocycles. The van der Waals surface area contributed by atoms with E-state index in [1.54, 1.807) is 11.3 Å². The van der Waals surface area contributed by atoms with Gasteiger partial charge in [0.25, 0.3) is 0 Å². The predicted molar refractivity (Wildman–Crippen MR) is 72.2 cm³/mol. The molecule has 0 amide bonds. The lowest BCUT2D eigenvalue weighted by atomic mass is 9.57. The van der Waals surface area contributed by atoms with Crippen LogP contribution in [0.4, 0.5) is 0 Å². The van der Waals surface area contributed by atoms with Crippen LogP contribution in [0.1, 0.15) is 55.6 Å². The summed E-state index contributed by atoms with van der Waals surface area (Å²) in [5.41, 5.74) is 1.83. The third kappa shape index (κ3) is 2.27. The molecule has 3 heteroatoms. The van der Waals surface area contributed by atoms with Crippen LogP contribution in [-0.2, 0) is 6.54 Å². The van der Waals surface area contributed by atoms with E-state index in [1.807, 2.05) is 0 Å². The number of thiazole rings is 1. The van der Waals surface area contributed by atoms with Gasteiger partial charge in [0.1, 0.15) is 5.01 Å². The molecule has 2 aliphatic carbocycles. The molecule has 1 aromatic rings. The minimum absolute atomic E-state index is 0.671. The van der Waals surface area contributed by atoms with Gasteiger partial charge in [-0.1, -0.05) is 19.3 Å². The zero-order chi connectivity index (χ0) is 11.7. The molecule has 1 atom stereocenters. The Morgan fingerprint density at radius 3 is 2.76 bits per heavy atom. The van der Waals surface area contributed by atoms with Crippen molar-refractivity contribution in [3.05, 3.63) is 16.1 Å². The molecule has 1 aromatic heterocycles. The van der Waals surface area contributed by atoms with E-state index >= 15 is 0 Å². The van der Waals surface area contributed by atoms with Gasteiger partial charge in [0.2, 0.25) is 0 Å². The minimum Gasteiger partial charge on any atom is -0.307 e. The second-order valence-corrected chi connectivity index (χ2v) is 6.72. The fourth-order valence-corrected chi connectivity index (χ4v) is 4.29. The van der Waals surface area contributed by atoms with E-state index in [0.717, 1.165) is 18.3 Å². The Hall–Kier alpha value is -0.410. The zero-order valence-electron chi connectivity index (χ0n) is 10.7. The van der Waals surface area contributed by atoms with Crippen molar-refractivity contribution in [3.63, 3.8) is 0 Å². The first-order chi connectivity index (χ1) is 8.28. The third-order valence-corrected chi connectivity index (χ3v) is 5.65. The van der Waals surface area contributed by atoms with Gasteiger partial charge in [0, 0.05) is 23.7 Å². The van der Waals surface area contributed by atoms with Gasteiger partial charge < -0.3 is 5.32 Å². The Balaban J connectivity index is 1.55. The molecule has 0 radical (unpaired) electrons. The molecule has 17 heavy (non-hydrogen) atoms. The summed E-state index contributed by atoms with van der Waals surface area (Å²) in [6.45, 7) is 3.05. The topological polar surface area (TPSA) is 24.9 Å². The highest BCUT2D eigenvalue weighted by molar-refractivity contribution is 7.09. The summed E-state index contributed by atoms with van der Waals surface area (Å²) in [6, 6.07) is 0.770. The van der Waals surface area contributed by atoms with Gasteiger partial charge in [-0.2, -0.15) is 0 Å². The van der Waals surface area contributed by atoms with Crippen LogP contribution in [0.15, 0.2) is 5.38 Å². The lowest BCUT2D eigenvalue weighted by Crippen LogP contribution is -2.53. The molecule has 1 spiro atoms. The SMILES string of the molecule is Cc1csc(CNC2CCC23CCCCC3)n1. The lowest BCUT2D eigenvalue weighted by Gasteiger charge is -2.52. The minimum atomic E-state index is 0.671. The second-order valence-electron chi connectivity index (χ2n) is 5.78. The Morgan fingerprint density at radius 1 is 1.35 bits per heavy atom. The van der Waals surface area contributed by atoms with Crippen molar-refractivity contribution >= 4 is 11.3 Å². The number of hydrogen-bond donors (Lipinski definition) is 1. The first kappa shape index (κ1) is 11.7. The van der Waals surface area contributed by atoms with Gasteiger partial charge in [-0.05, 0) is 38.0 Å². The van der Waals surface area contributed by atoms with Crippen molar-refractivity contribution in [2.45, 2.75) is 64.5 Å². The molecule has 3 rings (SSSR count). The van der Waals surface area contributed by atoms with Crippen LogP contribution >= 0.6 is 11.3 Å². The van der Waals surface area contributed by atoms with Crippen LogP contribution in [0.25, 0.3) is 0 Å². The van der Waals surface area contributed by atoms with Crippen molar-refractivity contribution in [3.8, 4) is 0 Å². The highest BCUT2D eigenvalue weighted by Crippen LogP contribution is 2.51. The fraction of sp³-hybridized carbons (Fsp3) is 0.786. The summed E-state index contributed by atoms with van der Waals surface area (Å²) in [4.78, 5) is 4.53. The number of nitrogens with zero attached hydrogens (tertiary/aromatic N) is 1. The van der Waals surface area contributed by atoms with Gasteiger partial charge in [-0.15, -0.1) is 11.3 Å². The van der Waals surface area contributed by atoms with Crippen molar-refractivity contribution in [2.24, 2.45) is 5.41 Å². The fourth-order valence-electron chi connectivity index (χ4n) is 3.56. The lowest BCUT2D eigenvalue weighted by molar-refractivity contribution is 0.0221. The van der Waals surface area contributed by atoms with Gasteiger partial charge >= 0.3 is 0 Å². The summed E-state index contributed by atoms with van der Waals surface area (Å²) in [7, 11) is 0. The van der Waals surface area contributed by atoms with E-state index in [9.17, 15) is 0 Å². The van der Waals surface area contributed by atoms with E-state index in [0.29, 0.717) is 5.41 Å². The number of hydrogen-bond acceptors (Lipinski definition) is 3. The summed E-state index contributed by atoms with van der Waals surface area (Å²) < 4.78 is 0. The maximum absolute atomic E-state index is 4.53. The van der Waals surface area contributed by atoms with Crippen molar-refractivity contribution in [1.29, 1.82) is 0 Å². The molecular formula is C14H22N2S. The Kier molecular flexibility index (Phi) is 3.22. The van der Waals surface area contributed by atoms with E-state index in [2.05, 4.69) is 22.6 Å². The molecule has 2 saturated carbocycles. The molecule has 1 N–H and O–H groups in total. The summed E-state index contributed by atoms with van der Waals surface area (Å²) in [5, 5.41) is 7.15. The largest absolute Gasteiger partial charge is 0.307 e. The molecule has 2 nitrogen and oxygen atoms in total. The van der Waals surface area contributed by atoms with Crippen LogP contribution < -0.4 is 5.32 Å². The number of aromatic nitrogens is 1. The molecule has 2 fully saturated rings. The highest BCUT2D eigenvalue weighted by atomic mass is 32.1. The van der Waals surface area contributed by atoms with E-state index in [-0.39, 0.29) is 0 Å². The van der Waals surface area contributed by atoms with E-state index < -0.39 is 0 Å². The standard InChI is InChI=1S/C14H22N2S/c1-11-10-17-13(16-11)9-15-12-5-8-14(12)6-3-2-4-7-14/h10,12,15H,2-9H2,1H3. The molecule has 94 valence electrons. The first-order valence-electron chi connectivity index (χ1n) is 6.93. The van der Waals surface area contributed by atoms with Crippen LogP contribution in [0.2, 0.25) is 0 Å². The molecule has 2 aliphatic rings. The summed E-state index contributed by atoms with van der Waals surface area (Å²) in [5.74, 6) is 0. The third-order valence-electron chi connectivity index (χ3n) is 4.69. The van der Waals surface area contributed by atoms with Gasteiger partial charge in [0.15, 0.2) is 0 Å². The van der Waals surface area contributed by atoms with Crippen LogP contribution in [0.3, 0.4) is 0 Å². The van der Waals surface area contributed by atoms with Gasteiger partial charge in [-0.3, -0.25) is 0 Å². The van der Waals surface area contributed by atoms with Crippen LogP contribution in [0, 0.1) is 12.3 Å². The van der Waals surface area contributed by atoms with E-state index in [4.69, 9.17) is 0 Å². The van der Waals surface area contributed by atoms with Crippen molar-refractivity contribution < 1.29 is 0 Å². The molecule has 0 bridgehead atoms. The average molecular weight is 250 g/mol. The van der Waals surface area contributed by atoms with Gasteiger partial charge in [0.05, 0.1) is 0 Å². The van der Waals surface area contributed by atoms with Crippen molar-refractivity contribution in [1.82, 2.24) is 10.3 Å². The van der Waals surface area contributed by atoms with Gasteiger partial charge in [-0.25, -0.2) is 4.98 Å². The Labute approximate surface area is 108 Å². The summed E-state index contributed by atoms with van der Waals surface area (Å²) in [6.07, 6.45) is 10.1. The summed E-state index contributed by atoms with van der Waals surface area (Å²) >= 11 is 1.79. The second kappa shape index (κ2) is 4.69. The molecule has 1 unspecified atom stereocenters. The monoisotopic (exact) mass is 250 g/mol. The predicted octanol–water partition coefficient (Wildman–Crippen LogP) is 3.65. The smallest absolute Gasteiger partial charge is 0.107 e. The maximum atomic E-state index is 4.53. The average Bonchev–Trinajstić information content (AvgIpc) is 2.75. The number of rotatable bonds is 3. The molecule has 1 heterocycles. The zero-order valence-corrected chi connectivity index (χ0v) is 11.5. The number of nitrogens with one attached hydrogen (secondary N) is 1. The molecular weight excluding hydrogens is 228 g/mol. The molecule has 0 saturated heterocycles. The van der Waals surface area contributed by atoms with Crippen LogP contribution in [-0.4, -0.2) is 11.0 Å². The van der Waals surface area contributed by atoms with E-state index in [1.165, 1.54) is 50.0 Å². The Bertz CT molecular complexity index is 379. The number of aryl methyl sites for hydroxylation is 1. The normalized spacial score (nSPS) is 27.0. The first-order valence-corrected chi connectivity index (χ1v) is 7.81. The van der Waals surface area contributed by atoms with Crippen molar-refractivity contribution in [2.75, 3.05) is 0 Å². The Morgan fingerprint density at radius 2 is 2.18 bits per heavy atom. The quantitative estimate of drug-likeness (QED) is 0.885. The van der Waals surface area contributed by atoms with Crippen LogP contribution in [0.5, 0.6) is 0 Å². The highest BCUT2D eigenvalue weighted by Gasteiger charge is 2.46.